The number of hydrogen-bond acceptors (Lipinski definition) is 3. The predicted octanol–water partition coefficient (Wildman–Crippen LogP) is 3.26. The van der Waals surface area contributed by atoms with E-state index in [1.165, 1.54) is 24.3 Å². The molecule has 0 saturated heterocycles. The molecule has 1 aromatic carbocycles. The molecule has 0 fully saturated rings. The molecule has 0 aliphatic heterocycles. The van der Waals surface area contributed by atoms with Crippen molar-refractivity contribution >= 4 is 23.3 Å². The van der Waals surface area contributed by atoms with Gasteiger partial charge in [-0.3, -0.25) is 14.0 Å². The number of amides is 2. The van der Waals surface area contributed by atoms with Crippen LogP contribution < -0.4 is 10.6 Å². The highest BCUT2D eigenvalue weighted by Gasteiger charge is 2.21. The normalized spacial score (nSPS) is 10.7. The largest absolute Gasteiger partial charge is 0.351 e. The summed E-state index contributed by atoms with van der Waals surface area (Å²) in [6.07, 6.45) is 3.53. The second kappa shape index (κ2) is 7.77. The summed E-state index contributed by atoms with van der Waals surface area (Å²) in [6.45, 7) is 2.58. The molecule has 0 saturated carbocycles. The van der Waals surface area contributed by atoms with Crippen LogP contribution >= 0.6 is 0 Å². The average Bonchev–Trinajstić information content (AvgIpc) is 3.00. The zero-order valence-corrected chi connectivity index (χ0v) is 14.3. The Morgan fingerprint density at radius 1 is 1.12 bits per heavy atom. The molecule has 26 heavy (non-hydrogen) atoms. The van der Waals surface area contributed by atoms with Gasteiger partial charge in [0.2, 0.25) is 0 Å². The van der Waals surface area contributed by atoms with E-state index in [0.717, 1.165) is 12.8 Å². The van der Waals surface area contributed by atoms with Crippen molar-refractivity contribution in [3.8, 4) is 0 Å². The number of nitrogens with one attached hydrogen (secondary N) is 2. The number of pyridine rings is 1. The predicted molar refractivity (Wildman–Crippen MR) is 96.8 cm³/mol. The first-order valence-electron chi connectivity index (χ1n) is 8.42. The van der Waals surface area contributed by atoms with Gasteiger partial charge in [-0.25, -0.2) is 9.37 Å². The first-order chi connectivity index (χ1) is 12.6. The number of carbonyl (C=O) groups is 2. The molecular weight excluding hydrogens is 335 g/mol. The summed E-state index contributed by atoms with van der Waals surface area (Å²) in [5.74, 6) is -1.03. The molecule has 0 atom stereocenters. The number of anilines is 1. The van der Waals surface area contributed by atoms with E-state index in [0.29, 0.717) is 12.2 Å². The summed E-state index contributed by atoms with van der Waals surface area (Å²) in [5, 5.41) is 5.49. The Morgan fingerprint density at radius 2 is 1.88 bits per heavy atom. The van der Waals surface area contributed by atoms with E-state index in [9.17, 15) is 14.0 Å². The highest BCUT2D eigenvalue weighted by Crippen LogP contribution is 2.19. The van der Waals surface area contributed by atoms with Crippen molar-refractivity contribution in [2.24, 2.45) is 0 Å². The molecule has 3 aromatic rings. The Hall–Kier alpha value is -3.22. The Kier molecular flexibility index (Phi) is 5.26. The number of imidazole rings is 1. The van der Waals surface area contributed by atoms with Gasteiger partial charge in [-0.2, -0.15) is 0 Å². The van der Waals surface area contributed by atoms with E-state index in [1.807, 2.05) is 6.92 Å². The Bertz CT molecular complexity index is 934. The van der Waals surface area contributed by atoms with Gasteiger partial charge < -0.3 is 10.6 Å². The average molecular weight is 354 g/mol. The molecule has 0 bridgehead atoms. The second-order valence-corrected chi connectivity index (χ2v) is 5.81. The number of unbranched alkanes of at least 4 members (excludes halogenated alkanes) is 1. The monoisotopic (exact) mass is 354 g/mol. The molecule has 0 spiro atoms. The van der Waals surface area contributed by atoms with Gasteiger partial charge in [0, 0.05) is 18.3 Å². The van der Waals surface area contributed by atoms with Gasteiger partial charge in [-0.15, -0.1) is 0 Å². The quantitative estimate of drug-likeness (QED) is 0.667. The van der Waals surface area contributed by atoms with Gasteiger partial charge in [-0.05, 0) is 42.8 Å². The Labute approximate surface area is 150 Å². The summed E-state index contributed by atoms with van der Waals surface area (Å²) in [5.41, 5.74) is 1.08. The van der Waals surface area contributed by atoms with Crippen LogP contribution in [0.25, 0.3) is 5.65 Å². The zero-order valence-electron chi connectivity index (χ0n) is 14.3. The number of benzene rings is 1. The van der Waals surface area contributed by atoms with Gasteiger partial charge in [0.1, 0.15) is 11.5 Å². The van der Waals surface area contributed by atoms with Crippen molar-refractivity contribution in [1.29, 1.82) is 0 Å². The van der Waals surface area contributed by atoms with Gasteiger partial charge in [0.15, 0.2) is 11.5 Å². The molecule has 2 N–H and O–H groups in total. The van der Waals surface area contributed by atoms with Gasteiger partial charge in [-0.1, -0.05) is 19.4 Å². The lowest BCUT2D eigenvalue weighted by atomic mass is 10.2. The maximum absolute atomic E-state index is 13.0. The van der Waals surface area contributed by atoms with Gasteiger partial charge in [0.25, 0.3) is 11.8 Å². The highest BCUT2D eigenvalue weighted by atomic mass is 19.1. The van der Waals surface area contributed by atoms with Crippen LogP contribution in [-0.2, 0) is 0 Å². The number of halogens is 1. The van der Waals surface area contributed by atoms with E-state index in [4.69, 9.17) is 0 Å². The molecule has 0 aliphatic carbocycles. The minimum atomic E-state index is -0.462. The number of carbonyl (C=O) groups excluding carboxylic acids is 2. The van der Waals surface area contributed by atoms with E-state index < -0.39 is 11.7 Å². The van der Waals surface area contributed by atoms with Crippen LogP contribution in [0.15, 0.2) is 48.7 Å². The van der Waals surface area contributed by atoms with E-state index >= 15 is 0 Å². The minimum absolute atomic E-state index is 0.166. The van der Waals surface area contributed by atoms with E-state index in [2.05, 4.69) is 15.6 Å². The van der Waals surface area contributed by atoms with Crippen LogP contribution in [0.3, 0.4) is 0 Å². The lowest BCUT2D eigenvalue weighted by Crippen LogP contribution is -2.27. The zero-order chi connectivity index (χ0) is 18.5. The SMILES string of the molecule is CCCCNC(=O)c1c(NC(=O)c2ccc(F)cc2)nc2ccccn12. The number of nitrogens with zero attached hydrogens (tertiary/aromatic N) is 2. The lowest BCUT2D eigenvalue weighted by molar-refractivity contribution is 0.0948. The van der Waals surface area contributed by atoms with Crippen molar-refractivity contribution in [3.63, 3.8) is 0 Å². The molecule has 7 heteroatoms. The standard InChI is InChI=1S/C19H19FN4O2/c1-2-3-11-21-19(26)16-17(22-15-6-4-5-12-24(15)16)23-18(25)13-7-9-14(20)10-8-13/h4-10,12H,2-3,11H2,1H3,(H,21,26)(H,23,25). The van der Waals surface area contributed by atoms with Gasteiger partial charge in [0.05, 0.1) is 0 Å². The molecule has 3 rings (SSSR count). The lowest BCUT2D eigenvalue weighted by Gasteiger charge is -2.08. The molecule has 2 amide bonds. The van der Waals surface area contributed by atoms with Crippen molar-refractivity contribution in [2.45, 2.75) is 19.8 Å². The third-order valence-corrected chi connectivity index (χ3v) is 3.90. The first kappa shape index (κ1) is 17.6. The number of rotatable bonds is 6. The van der Waals surface area contributed by atoms with Crippen LogP contribution in [0.2, 0.25) is 0 Å². The molecule has 2 aromatic heterocycles. The fourth-order valence-corrected chi connectivity index (χ4v) is 2.54. The smallest absolute Gasteiger partial charge is 0.272 e. The number of fused-ring (bicyclic) bond motifs is 1. The van der Waals surface area contributed by atoms with Crippen LogP contribution in [0, 0.1) is 5.82 Å². The van der Waals surface area contributed by atoms with Crippen LogP contribution in [0.5, 0.6) is 0 Å². The van der Waals surface area contributed by atoms with Gasteiger partial charge >= 0.3 is 0 Å². The van der Waals surface area contributed by atoms with Crippen molar-refractivity contribution in [2.75, 3.05) is 11.9 Å². The summed E-state index contributed by atoms with van der Waals surface area (Å²) in [6, 6.07) is 10.5. The highest BCUT2D eigenvalue weighted by molar-refractivity contribution is 6.08. The number of hydrogen-bond donors (Lipinski definition) is 2. The molecule has 0 aliphatic rings. The van der Waals surface area contributed by atoms with E-state index in [-0.39, 0.29) is 23.0 Å². The minimum Gasteiger partial charge on any atom is -0.351 e. The Balaban J connectivity index is 1.91. The van der Waals surface area contributed by atoms with Crippen LogP contribution in [0.4, 0.5) is 10.2 Å². The summed E-state index contributed by atoms with van der Waals surface area (Å²) in [7, 11) is 0. The molecule has 0 unspecified atom stereocenters. The van der Waals surface area contributed by atoms with Crippen molar-refractivity contribution in [1.82, 2.24) is 14.7 Å². The Morgan fingerprint density at radius 3 is 2.62 bits per heavy atom. The maximum Gasteiger partial charge on any atom is 0.272 e. The second-order valence-electron chi connectivity index (χ2n) is 5.81. The summed E-state index contributed by atoms with van der Waals surface area (Å²) < 4.78 is 14.7. The molecule has 0 radical (unpaired) electrons. The fraction of sp³-hybridized carbons (Fsp3) is 0.211. The summed E-state index contributed by atoms with van der Waals surface area (Å²) >= 11 is 0. The third-order valence-electron chi connectivity index (χ3n) is 3.90. The molecular formula is C19H19FN4O2. The number of aromatic nitrogens is 2. The van der Waals surface area contributed by atoms with E-state index in [1.54, 1.807) is 28.8 Å². The third kappa shape index (κ3) is 3.72. The fourth-order valence-electron chi connectivity index (χ4n) is 2.54. The van der Waals surface area contributed by atoms with Crippen molar-refractivity contribution in [3.05, 3.63) is 65.7 Å². The van der Waals surface area contributed by atoms with Crippen molar-refractivity contribution < 1.29 is 14.0 Å². The maximum atomic E-state index is 13.0. The molecule has 6 nitrogen and oxygen atoms in total. The van der Waals surface area contributed by atoms with Crippen LogP contribution in [0.1, 0.15) is 40.6 Å². The molecule has 134 valence electrons. The first-order valence-corrected chi connectivity index (χ1v) is 8.42. The van der Waals surface area contributed by atoms with Crippen LogP contribution in [-0.4, -0.2) is 27.7 Å². The summed E-state index contributed by atoms with van der Waals surface area (Å²) in [4.78, 5) is 29.4. The topological polar surface area (TPSA) is 75.5 Å². The molecule has 2 heterocycles.